The van der Waals surface area contributed by atoms with Crippen LogP contribution in [0.1, 0.15) is 52.4 Å². The van der Waals surface area contributed by atoms with Gasteiger partial charge in [-0.05, 0) is 33.1 Å². The molecule has 0 aliphatic heterocycles. The second-order valence-electron chi connectivity index (χ2n) is 5.72. The molecular formula is C15H27NO. The van der Waals surface area contributed by atoms with Gasteiger partial charge in [0.1, 0.15) is 0 Å². The zero-order valence-corrected chi connectivity index (χ0v) is 11.4. The quantitative estimate of drug-likeness (QED) is 0.741. The van der Waals surface area contributed by atoms with Gasteiger partial charge in [0, 0.05) is 24.1 Å². The van der Waals surface area contributed by atoms with Crippen molar-refractivity contribution in [2.75, 3.05) is 6.61 Å². The zero-order chi connectivity index (χ0) is 12.3. The van der Waals surface area contributed by atoms with Crippen molar-refractivity contribution in [1.29, 1.82) is 0 Å². The minimum absolute atomic E-state index is 0.418. The molecule has 0 radical (unpaired) electrons. The van der Waals surface area contributed by atoms with E-state index in [-0.39, 0.29) is 0 Å². The average Bonchev–Trinajstić information content (AvgIpc) is 2.38. The standard InChI is InChI=1S/C15H27NO/c1-4-12(3)16-13-11-14(17-5-2)15(13)9-7-6-8-10-15/h4,12-14,16H,1,5-11H2,2-3H3. The van der Waals surface area contributed by atoms with Crippen molar-refractivity contribution in [3.8, 4) is 0 Å². The highest BCUT2D eigenvalue weighted by Gasteiger charge is 2.55. The summed E-state index contributed by atoms with van der Waals surface area (Å²) in [5.74, 6) is 0. The number of hydrogen-bond donors (Lipinski definition) is 1. The lowest BCUT2D eigenvalue weighted by Crippen LogP contribution is -2.65. The summed E-state index contributed by atoms with van der Waals surface area (Å²) >= 11 is 0. The number of nitrogens with one attached hydrogen (secondary N) is 1. The highest BCUT2D eigenvalue weighted by atomic mass is 16.5. The maximum Gasteiger partial charge on any atom is 0.0661 e. The van der Waals surface area contributed by atoms with Crippen LogP contribution in [0.4, 0.5) is 0 Å². The van der Waals surface area contributed by atoms with Gasteiger partial charge in [-0.3, -0.25) is 0 Å². The minimum atomic E-state index is 0.418. The Hall–Kier alpha value is -0.340. The highest BCUT2D eigenvalue weighted by molar-refractivity contribution is 5.10. The third kappa shape index (κ3) is 2.43. The molecule has 0 aromatic carbocycles. The molecule has 0 bridgehead atoms. The maximum atomic E-state index is 5.95. The Morgan fingerprint density at radius 2 is 2.12 bits per heavy atom. The third-order valence-corrected chi connectivity index (χ3v) is 4.75. The summed E-state index contributed by atoms with van der Waals surface area (Å²) in [6.07, 6.45) is 10.6. The zero-order valence-electron chi connectivity index (χ0n) is 11.4. The first-order chi connectivity index (χ1) is 8.23. The van der Waals surface area contributed by atoms with Crippen molar-refractivity contribution in [3.05, 3.63) is 12.7 Å². The largest absolute Gasteiger partial charge is 0.378 e. The Bertz CT molecular complexity index is 258. The molecule has 0 aromatic heterocycles. The molecule has 2 saturated carbocycles. The molecule has 2 fully saturated rings. The fourth-order valence-electron chi connectivity index (χ4n) is 3.68. The van der Waals surface area contributed by atoms with Gasteiger partial charge < -0.3 is 10.1 Å². The van der Waals surface area contributed by atoms with E-state index in [2.05, 4.69) is 25.7 Å². The second-order valence-corrected chi connectivity index (χ2v) is 5.72. The van der Waals surface area contributed by atoms with E-state index in [0.29, 0.717) is 23.6 Å². The normalized spacial score (nSPS) is 33.1. The Labute approximate surface area is 106 Å². The molecule has 3 unspecified atom stereocenters. The fraction of sp³-hybridized carbons (Fsp3) is 0.867. The molecule has 2 heteroatoms. The van der Waals surface area contributed by atoms with Gasteiger partial charge in [0.2, 0.25) is 0 Å². The Balaban J connectivity index is 2.00. The van der Waals surface area contributed by atoms with Gasteiger partial charge in [-0.1, -0.05) is 25.3 Å². The molecule has 2 nitrogen and oxygen atoms in total. The van der Waals surface area contributed by atoms with Gasteiger partial charge in [-0.2, -0.15) is 0 Å². The summed E-state index contributed by atoms with van der Waals surface area (Å²) in [6.45, 7) is 9.03. The van der Waals surface area contributed by atoms with E-state index in [4.69, 9.17) is 4.74 Å². The molecule has 0 saturated heterocycles. The molecule has 1 spiro atoms. The van der Waals surface area contributed by atoms with Crippen LogP contribution in [0.15, 0.2) is 12.7 Å². The number of rotatable bonds is 5. The van der Waals surface area contributed by atoms with E-state index >= 15 is 0 Å². The average molecular weight is 237 g/mol. The number of hydrogen-bond acceptors (Lipinski definition) is 2. The van der Waals surface area contributed by atoms with Crippen molar-refractivity contribution < 1.29 is 4.74 Å². The predicted octanol–water partition coefficient (Wildman–Crippen LogP) is 3.28. The summed E-state index contributed by atoms with van der Waals surface area (Å²) in [7, 11) is 0. The van der Waals surface area contributed by atoms with Crippen LogP contribution in [0.5, 0.6) is 0 Å². The van der Waals surface area contributed by atoms with E-state index in [1.165, 1.54) is 38.5 Å². The third-order valence-electron chi connectivity index (χ3n) is 4.75. The molecule has 1 N–H and O–H groups in total. The minimum Gasteiger partial charge on any atom is -0.378 e. The lowest BCUT2D eigenvalue weighted by atomic mass is 9.55. The van der Waals surface area contributed by atoms with Crippen LogP contribution in [0.3, 0.4) is 0 Å². The van der Waals surface area contributed by atoms with Crippen LogP contribution in [-0.2, 0) is 4.74 Å². The molecule has 0 aromatic rings. The predicted molar refractivity (Wildman–Crippen MR) is 72.1 cm³/mol. The Morgan fingerprint density at radius 3 is 2.71 bits per heavy atom. The Morgan fingerprint density at radius 1 is 1.41 bits per heavy atom. The van der Waals surface area contributed by atoms with Crippen molar-refractivity contribution in [1.82, 2.24) is 5.32 Å². The Kier molecular flexibility index (Phi) is 4.26. The van der Waals surface area contributed by atoms with Crippen molar-refractivity contribution in [3.63, 3.8) is 0 Å². The van der Waals surface area contributed by atoms with Crippen molar-refractivity contribution in [2.45, 2.75) is 70.6 Å². The lowest BCUT2D eigenvalue weighted by Gasteiger charge is -2.58. The van der Waals surface area contributed by atoms with Crippen molar-refractivity contribution in [2.24, 2.45) is 5.41 Å². The van der Waals surface area contributed by atoms with Crippen LogP contribution in [0.25, 0.3) is 0 Å². The molecule has 3 atom stereocenters. The van der Waals surface area contributed by atoms with Gasteiger partial charge in [0.25, 0.3) is 0 Å². The topological polar surface area (TPSA) is 21.3 Å². The maximum absolute atomic E-state index is 5.95. The van der Waals surface area contributed by atoms with Crippen LogP contribution < -0.4 is 5.32 Å². The summed E-state index contributed by atoms with van der Waals surface area (Å²) in [5.41, 5.74) is 0.436. The first-order valence-electron chi connectivity index (χ1n) is 7.23. The molecule has 0 heterocycles. The van der Waals surface area contributed by atoms with Crippen LogP contribution in [0.2, 0.25) is 0 Å². The SMILES string of the molecule is C=CC(C)NC1CC(OCC)C12CCCCC2. The van der Waals surface area contributed by atoms with Gasteiger partial charge in [-0.15, -0.1) is 6.58 Å². The second kappa shape index (κ2) is 5.53. The van der Waals surface area contributed by atoms with E-state index in [1.54, 1.807) is 0 Å². The molecule has 17 heavy (non-hydrogen) atoms. The van der Waals surface area contributed by atoms with Gasteiger partial charge >= 0.3 is 0 Å². The van der Waals surface area contributed by atoms with Crippen molar-refractivity contribution >= 4 is 0 Å². The molecule has 2 rings (SSSR count). The van der Waals surface area contributed by atoms with Crippen LogP contribution in [0, 0.1) is 5.41 Å². The highest BCUT2D eigenvalue weighted by Crippen LogP contribution is 2.53. The molecular weight excluding hydrogens is 210 g/mol. The van der Waals surface area contributed by atoms with Gasteiger partial charge in [-0.25, -0.2) is 0 Å². The van der Waals surface area contributed by atoms with Gasteiger partial charge in [0.15, 0.2) is 0 Å². The summed E-state index contributed by atoms with van der Waals surface area (Å²) < 4.78 is 5.95. The fourth-order valence-corrected chi connectivity index (χ4v) is 3.68. The van der Waals surface area contributed by atoms with E-state index in [1.807, 2.05) is 6.08 Å². The molecule has 98 valence electrons. The summed E-state index contributed by atoms with van der Waals surface area (Å²) in [6, 6.07) is 1.06. The van der Waals surface area contributed by atoms with Crippen LogP contribution >= 0.6 is 0 Å². The summed E-state index contributed by atoms with van der Waals surface area (Å²) in [5, 5.41) is 3.72. The number of ether oxygens (including phenoxy) is 1. The smallest absolute Gasteiger partial charge is 0.0661 e. The monoisotopic (exact) mass is 237 g/mol. The lowest BCUT2D eigenvalue weighted by molar-refractivity contribution is -0.150. The van der Waals surface area contributed by atoms with E-state index < -0.39 is 0 Å². The first kappa shape index (κ1) is 13.1. The van der Waals surface area contributed by atoms with E-state index in [0.717, 1.165) is 6.61 Å². The first-order valence-corrected chi connectivity index (χ1v) is 7.23. The summed E-state index contributed by atoms with van der Waals surface area (Å²) in [4.78, 5) is 0. The molecule has 0 amide bonds. The van der Waals surface area contributed by atoms with Crippen LogP contribution in [-0.4, -0.2) is 24.8 Å². The molecule has 2 aliphatic rings. The van der Waals surface area contributed by atoms with E-state index in [9.17, 15) is 0 Å². The molecule has 2 aliphatic carbocycles. The van der Waals surface area contributed by atoms with Gasteiger partial charge in [0.05, 0.1) is 6.10 Å².